The zero-order valence-corrected chi connectivity index (χ0v) is 24.8. The minimum Gasteiger partial charge on any atom is -0.497 e. The van der Waals surface area contributed by atoms with Crippen LogP contribution >= 0.6 is 0 Å². The number of nitrogens with zero attached hydrogens (tertiary/aromatic N) is 2. The number of rotatable bonds is 12. The minimum absolute atomic E-state index is 0.102. The highest BCUT2D eigenvalue weighted by Gasteiger charge is 2.32. The van der Waals surface area contributed by atoms with Gasteiger partial charge in [0.15, 0.2) is 0 Å². The molecule has 0 bridgehead atoms. The summed E-state index contributed by atoms with van der Waals surface area (Å²) in [5.41, 5.74) is 2.12. The highest BCUT2D eigenvalue weighted by molar-refractivity contribution is 7.92. The number of methoxy groups -OCH3 is 1. The van der Waals surface area contributed by atoms with E-state index in [4.69, 9.17) is 4.74 Å². The van der Waals surface area contributed by atoms with Gasteiger partial charge in [-0.3, -0.25) is 13.9 Å². The van der Waals surface area contributed by atoms with Gasteiger partial charge in [0.1, 0.15) is 18.3 Å². The van der Waals surface area contributed by atoms with Gasteiger partial charge in [0.2, 0.25) is 21.8 Å². The third kappa shape index (κ3) is 8.75. The molecule has 210 valence electrons. The van der Waals surface area contributed by atoms with Crippen molar-refractivity contribution >= 4 is 27.5 Å². The second-order valence-electron chi connectivity index (χ2n) is 11.0. The van der Waals surface area contributed by atoms with Gasteiger partial charge in [-0.05, 0) is 53.1 Å². The minimum atomic E-state index is -3.79. The molecule has 0 spiro atoms. The van der Waals surface area contributed by atoms with Crippen LogP contribution in [0.15, 0.2) is 48.5 Å². The van der Waals surface area contributed by atoms with Crippen LogP contribution in [-0.2, 0) is 31.6 Å². The van der Waals surface area contributed by atoms with Crippen LogP contribution in [0.3, 0.4) is 0 Å². The van der Waals surface area contributed by atoms with Crippen molar-refractivity contribution in [3.8, 4) is 5.75 Å². The van der Waals surface area contributed by atoms with Gasteiger partial charge < -0.3 is 15.0 Å². The van der Waals surface area contributed by atoms with Gasteiger partial charge in [-0.25, -0.2) is 8.42 Å². The van der Waals surface area contributed by atoms with E-state index in [1.165, 1.54) is 4.90 Å². The van der Waals surface area contributed by atoms with Gasteiger partial charge in [-0.15, -0.1) is 0 Å². The summed E-state index contributed by atoms with van der Waals surface area (Å²) in [6, 6.07) is 13.7. The van der Waals surface area contributed by atoms with E-state index in [0.29, 0.717) is 24.4 Å². The van der Waals surface area contributed by atoms with Gasteiger partial charge in [-0.2, -0.15) is 0 Å². The number of benzene rings is 2. The molecule has 8 nitrogen and oxygen atoms in total. The lowest BCUT2D eigenvalue weighted by atomic mass is 9.87. The van der Waals surface area contributed by atoms with Crippen LogP contribution in [0.1, 0.15) is 59.1 Å². The Morgan fingerprint density at radius 1 is 1.05 bits per heavy atom. The first kappa shape index (κ1) is 31.1. The van der Waals surface area contributed by atoms with Crippen LogP contribution in [0.25, 0.3) is 0 Å². The van der Waals surface area contributed by atoms with Gasteiger partial charge >= 0.3 is 0 Å². The van der Waals surface area contributed by atoms with Gasteiger partial charge in [0.25, 0.3) is 0 Å². The highest BCUT2D eigenvalue weighted by atomic mass is 32.2. The van der Waals surface area contributed by atoms with Gasteiger partial charge in [0.05, 0.1) is 19.1 Å². The van der Waals surface area contributed by atoms with Crippen molar-refractivity contribution in [3.63, 3.8) is 0 Å². The summed E-state index contributed by atoms with van der Waals surface area (Å²) in [4.78, 5) is 28.4. The number of ether oxygens (including phenoxy) is 1. The van der Waals surface area contributed by atoms with E-state index in [-0.39, 0.29) is 23.8 Å². The fourth-order valence-corrected chi connectivity index (χ4v) is 4.90. The normalized spacial score (nSPS) is 12.7. The predicted octanol–water partition coefficient (Wildman–Crippen LogP) is 4.34. The number of carbonyl (C=O) groups excluding carboxylic acids is 2. The maximum atomic E-state index is 13.8. The number of sulfonamides is 1. The van der Waals surface area contributed by atoms with E-state index in [0.717, 1.165) is 21.7 Å². The monoisotopic (exact) mass is 545 g/mol. The average Bonchev–Trinajstić information content (AvgIpc) is 2.84. The zero-order valence-electron chi connectivity index (χ0n) is 23.9. The summed E-state index contributed by atoms with van der Waals surface area (Å²) < 4.78 is 32.1. The molecule has 0 aliphatic carbocycles. The van der Waals surface area contributed by atoms with E-state index >= 15 is 0 Å². The lowest BCUT2D eigenvalue weighted by molar-refractivity contribution is -0.140. The van der Waals surface area contributed by atoms with Crippen LogP contribution in [0.2, 0.25) is 0 Å². The van der Waals surface area contributed by atoms with Crippen LogP contribution in [0.4, 0.5) is 5.69 Å². The van der Waals surface area contributed by atoms with E-state index in [1.54, 1.807) is 31.4 Å². The van der Waals surface area contributed by atoms with Crippen molar-refractivity contribution in [1.82, 2.24) is 10.2 Å². The lowest BCUT2D eigenvalue weighted by Crippen LogP contribution is -2.52. The Bertz CT molecular complexity index is 1190. The number of carbonyl (C=O) groups is 2. The molecule has 0 heterocycles. The molecule has 0 aliphatic heterocycles. The third-order valence-electron chi connectivity index (χ3n) is 6.26. The van der Waals surface area contributed by atoms with E-state index in [1.807, 2.05) is 45.0 Å². The summed E-state index contributed by atoms with van der Waals surface area (Å²) in [5.74, 6) is 0.141. The molecular formula is C29H43N3O5S. The third-order valence-corrected chi connectivity index (χ3v) is 7.40. The Kier molecular flexibility index (Phi) is 10.8. The van der Waals surface area contributed by atoms with E-state index < -0.39 is 28.5 Å². The smallest absolute Gasteiger partial charge is 0.244 e. The number of hydrogen-bond donors (Lipinski definition) is 1. The summed E-state index contributed by atoms with van der Waals surface area (Å²) in [6.45, 7) is 12.2. The standard InChI is InChI=1S/C29H43N3O5S/c1-9-26(28(34)30-18-21(2)3)31(19-22-11-10-12-25(17-22)37-7)27(33)20-32(38(8,35)36)24-15-13-23(14-16-24)29(4,5)6/h10-17,21,26H,9,18-20H2,1-8H3,(H,30,34)/t26-/m1/s1. The van der Waals surface area contributed by atoms with Crippen molar-refractivity contribution in [2.45, 2.75) is 66.0 Å². The Morgan fingerprint density at radius 3 is 2.18 bits per heavy atom. The van der Waals surface area contributed by atoms with Crippen LogP contribution in [0.5, 0.6) is 5.75 Å². The van der Waals surface area contributed by atoms with Crippen molar-refractivity contribution in [1.29, 1.82) is 0 Å². The van der Waals surface area contributed by atoms with Crippen molar-refractivity contribution < 1.29 is 22.7 Å². The molecule has 0 fully saturated rings. The second-order valence-corrected chi connectivity index (χ2v) is 12.9. The molecule has 1 N–H and O–H groups in total. The molecule has 2 amide bonds. The largest absolute Gasteiger partial charge is 0.497 e. The van der Waals surface area contributed by atoms with Gasteiger partial charge in [-0.1, -0.05) is 65.8 Å². The molecule has 2 aromatic rings. The fourth-order valence-electron chi connectivity index (χ4n) is 4.05. The first-order valence-electron chi connectivity index (χ1n) is 13.0. The molecule has 9 heteroatoms. The molecule has 0 radical (unpaired) electrons. The fraction of sp³-hybridized carbons (Fsp3) is 0.517. The van der Waals surface area contributed by atoms with Gasteiger partial charge in [0, 0.05) is 13.1 Å². The maximum Gasteiger partial charge on any atom is 0.244 e. The Morgan fingerprint density at radius 2 is 1.68 bits per heavy atom. The molecule has 2 aromatic carbocycles. The average molecular weight is 546 g/mol. The predicted molar refractivity (Wildman–Crippen MR) is 153 cm³/mol. The summed E-state index contributed by atoms with van der Waals surface area (Å²) in [6.07, 6.45) is 1.45. The second kappa shape index (κ2) is 13.1. The van der Waals surface area contributed by atoms with E-state index in [2.05, 4.69) is 26.1 Å². The number of hydrogen-bond acceptors (Lipinski definition) is 5. The molecule has 0 saturated carbocycles. The van der Waals surface area contributed by atoms with E-state index in [9.17, 15) is 18.0 Å². The number of amides is 2. The Balaban J connectivity index is 2.45. The summed E-state index contributed by atoms with van der Waals surface area (Å²) in [7, 11) is -2.23. The van der Waals surface area contributed by atoms with Crippen molar-refractivity contribution in [2.24, 2.45) is 5.92 Å². The maximum absolute atomic E-state index is 13.8. The Hall–Kier alpha value is -3.07. The molecule has 0 aliphatic rings. The lowest BCUT2D eigenvalue weighted by Gasteiger charge is -2.33. The molecule has 38 heavy (non-hydrogen) atoms. The molecule has 1 atom stereocenters. The number of nitrogens with one attached hydrogen (secondary N) is 1. The van der Waals surface area contributed by atoms with Crippen LogP contribution in [0, 0.1) is 5.92 Å². The van der Waals surface area contributed by atoms with Crippen LogP contribution < -0.4 is 14.4 Å². The summed E-state index contributed by atoms with van der Waals surface area (Å²) >= 11 is 0. The first-order valence-corrected chi connectivity index (χ1v) is 14.8. The topological polar surface area (TPSA) is 96.0 Å². The quantitative estimate of drug-likeness (QED) is 0.428. The number of anilines is 1. The molecular weight excluding hydrogens is 502 g/mol. The highest BCUT2D eigenvalue weighted by Crippen LogP contribution is 2.26. The van der Waals surface area contributed by atoms with Crippen LogP contribution in [-0.4, -0.2) is 57.6 Å². The molecule has 2 rings (SSSR count). The van der Waals surface area contributed by atoms with Crippen molar-refractivity contribution in [3.05, 3.63) is 59.7 Å². The SMILES string of the molecule is CC[C@H](C(=O)NCC(C)C)N(Cc1cccc(OC)c1)C(=O)CN(c1ccc(C(C)(C)C)cc1)S(C)(=O)=O. The zero-order chi connectivity index (χ0) is 28.7. The summed E-state index contributed by atoms with van der Waals surface area (Å²) in [5, 5.41) is 2.92. The Labute approximate surface area is 228 Å². The molecule has 0 unspecified atom stereocenters. The molecule has 0 aromatic heterocycles. The first-order chi connectivity index (χ1) is 17.7. The van der Waals surface area contributed by atoms with Crippen molar-refractivity contribution in [2.75, 3.05) is 30.8 Å². The molecule has 0 saturated heterocycles.